The van der Waals surface area contributed by atoms with Crippen molar-refractivity contribution >= 4 is 5.91 Å². The van der Waals surface area contributed by atoms with Crippen LogP contribution in [0.2, 0.25) is 0 Å². The second-order valence-corrected chi connectivity index (χ2v) is 6.97. The average molecular weight is 357 g/mol. The van der Waals surface area contributed by atoms with Crippen molar-refractivity contribution in [1.29, 1.82) is 0 Å². The molecule has 0 saturated heterocycles. The third kappa shape index (κ3) is 4.84. The summed E-state index contributed by atoms with van der Waals surface area (Å²) in [5.74, 6) is 2.74. The summed E-state index contributed by atoms with van der Waals surface area (Å²) in [6.07, 6.45) is 7.06. The molecule has 0 spiro atoms. The van der Waals surface area contributed by atoms with Crippen LogP contribution >= 0.6 is 0 Å². The zero-order valence-electron chi connectivity index (χ0n) is 15.6. The van der Waals surface area contributed by atoms with Crippen molar-refractivity contribution in [3.63, 3.8) is 0 Å². The number of amides is 1. The van der Waals surface area contributed by atoms with Gasteiger partial charge in [-0.2, -0.15) is 4.98 Å². The van der Waals surface area contributed by atoms with E-state index in [2.05, 4.69) is 10.1 Å². The highest BCUT2D eigenvalue weighted by Crippen LogP contribution is 2.31. The van der Waals surface area contributed by atoms with Gasteiger partial charge < -0.3 is 14.2 Å². The molecule has 0 radical (unpaired) electrons. The first kappa shape index (κ1) is 18.4. The number of rotatable bonds is 7. The van der Waals surface area contributed by atoms with Crippen LogP contribution in [0.1, 0.15) is 55.3 Å². The summed E-state index contributed by atoms with van der Waals surface area (Å²) in [6.45, 7) is 0.582. The molecule has 140 valence electrons. The van der Waals surface area contributed by atoms with Crippen molar-refractivity contribution in [3.05, 3.63) is 41.5 Å². The van der Waals surface area contributed by atoms with Crippen molar-refractivity contribution in [2.45, 2.75) is 50.9 Å². The summed E-state index contributed by atoms with van der Waals surface area (Å²) < 4.78 is 10.6. The normalized spacial score (nSPS) is 15.0. The van der Waals surface area contributed by atoms with E-state index >= 15 is 0 Å². The van der Waals surface area contributed by atoms with Crippen LogP contribution in [-0.4, -0.2) is 41.6 Å². The molecule has 1 aliphatic rings. The first-order chi connectivity index (χ1) is 12.7. The molecule has 6 nitrogen and oxygen atoms in total. The van der Waals surface area contributed by atoms with E-state index in [1.54, 1.807) is 12.0 Å². The molecule has 1 amide bonds. The molecule has 1 aromatic carbocycles. The molecule has 6 heteroatoms. The Balaban J connectivity index is 1.47. The minimum Gasteiger partial charge on any atom is -0.497 e. The standard InChI is InChI=1S/C20H27N3O3/c1-23(19(24)14-15-8-10-17(25-2)11-9-15)13-12-18-21-20(26-22-18)16-6-4-3-5-7-16/h8-11,16H,3-7,12-14H2,1-2H3. The number of methoxy groups -OCH3 is 1. The highest BCUT2D eigenvalue weighted by Gasteiger charge is 2.21. The quantitative estimate of drug-likeness (QED) is 0.760. The van der Waals surface area contributed by atoms with Gasteiger partial charge in [-0.15, -0.1) is 0 Å². The third-order valence-electron chi connectivity index (χ3n) is 5.05. The van der Waals surface area contributed by atoms with Gasteiger partial charge in [0.05, 0.1) is 13.5 Å². The number of likely N-dealkylation sites (N-methyl/N-ethyl adjacent to an activating group) is 1. The van der Waals surface area contributed by atoms with E-state index in [1.165, 1.54) is 19.3 Å². The lowest BCUT2D eigenvalue weighted by Gasteiger charge is -2.17. The molecule has 26 heavy (non-hydrogen) atoms. The van der Waals surface area contributed by atoms with Crippen LogP contribution in [0.5, 0.6) is 5.75 Å². The van der Waals surface area contributed by atoms with Gasteiger partial charge in [-0.1, -0.05) is 36.6 Å². The van der Waals surface area contributed by atoms with Gasteiger partial charge in [0.2, 0.25) is 11.8 Å². The van der Waals surface area contributed by atoms with Crippen LogP contribution in [0.3, 0.4) is 0 Å². The number of benzene rings is 1. The summed E-state index contributed by atoms with van der Waals surface area (Å²) in [6, 6.07) is 7.57. The van der Waals surface area contributed by atoms with Crippen LogP contribution < -0.4 is 4.74 Å². The lowest BCUT2D eigenvalue weighted by atomic mass is 9.89. The summed E-state index contributed by atoms with van der Waals surface area (Å²) in [5.41, 5.74) is 0.974. The van der Waals surface area contributed by atoms with E-state index in [0.29, 0.717) is 31.1 Å². The van der Waals surface area contributed by atoms with E-state index in [4.69, 9.17) is 9.26 Å². The van der Waals surface area contributed by atoms with Gasteiger partial charge in [-0.05, 0) is 30.5 Å². The Labute approximate surface area is 154 Å². The van der Waals surface area contributed by atoms with Crippen LogP contribution in [0.15, 0.2) is 28.8 Å². The van der Waals surface area contributed by atoms with Crippen molar-refractivity contribution < 1.29 is 14.1 Å². The molecule has 1 aliphatic carbocycles. The lowest BCUT2D eigenvalue weighted by Crippen LogP contribution is -2.30. The number of hydrogen-bond donors (Lipinski definition) is 0. The molecule has 1 fully saturated rings. The van der Waals surface area contributed by atoms with Crippen LogP contribution in [0.4, 0.5) is 0 Å². The van der Waals surface area contributed by atoms with Crippen molar-refractivity contribution in [1.82, 2.24) is 15.0 Å². The lowest BCUT2D eigenvalue weighted by molar-refractivity contribution is -0.129. The van der Waals surface area contributed by atoms with Crippen LogP contribution in [0.25, 0.3) is 0 Å². The number of carbonyl (C=O) groups is 1. The molecule has 0 atom stereocenters. The average Bonchev–Trinajstić information content (AvgIpc) is 3.16. The predicted molar refractivity (Wildman–Crippen MR) is 98.2 cm³/mol. The maximum Gasteiger partial charge on any atom is 0.229 e. The summed E-state index contributed by atoms with van der Waals surface area (Å²) in [7, 11) is 3.44. The number of aromatic nitrogens is 2. The van der Waals surface area contributed by atoms with Crippen molar-refractivity contribution in [2.24, 2.45) is 0 Å². The smallest absolute Gasteiger partial charge is 0.229 e. The van der Waals surface area contributed by atoms with Crippen LogP contribution in [0, 0.1) is 0 Å². The number of nitrogens with zero attached hydrogens (tertiary/aromatic N) is 3. The summed E-state index contributed by atoms with van der Waals surface area (Å²) in [5, 5.41) is 4.09. The molecule has 1 heterocycles. The van der Waals surface area contributed by atoms with Gasteiger partial charge in [0.1, 0.15) is 5.75 Å². The Hall–Kier alpha value is -2.37. The van der Waals surface area contributed by atoms with E-state index in [1.807, 2.05) is 31.3 Å². The first-order valence-corrected chi connectivity index (χ1v) is 9.35. The highest BCUT2D eigenvalue weighted by atomic mass is 16.5. The number of ether oxygens (including phenoxy) is 1. The zero-order valence-corrected chi connectivity index (χ0v) is 15.6. The fraction of sp³-hybridized carbons (Fsp3) is 0.550. The Morgan fingerprint density at radius 2 is 1.96 bits per heavy atom. The van der Waals surface area contributed by atoms with Gasteiger partial charge in [-0.3, -0.25) is 4.79 Å². The SMILES string of the molecule is COc1ccc(CC(=O)N(C)CCc2noc(C3CCCCC3)n2)cc1. The van der Waals surface area contributed by atoms with E-state index < -0.39 is 0 Å². The van der Waals surface area contributed by atoms with E-state index in [0.717, 1.165) is 30.0 Å². The molecule has 3 rings (SSSR count). The molecule has 2 aromatic rings. The first-order valence-electron chi connectivity index (χ1n) is 9.35. The zero-order chi connectivity index (χ0) is 18.4. The maximum absolute atomic E-state index is 12.4. The highest BCUT2D eigenvalue weighted by molar-refractivity contribution is 5.78. The summed E-state index contributed by atoms with van der Waals surface area (Å²) >= 11 is 0. The summed E-state index contributed by atoms with van der Waals surface area (Å²) in [4.78, 5) is 18.6. The van der Waals surface area contributed by atoms with Gasteiger partial charge in [0.15, 0.2) is 5.82 Å². The molecule has 1 aromatic heterocycles. The maximum atomic E-state index is 12.4. The topological polar surface area (TPSA) is 68.5 Å². The fourth-order valence-electron chi connectivity index (χ4n) is 3.33. The van der Waals surface area contributed by atoms with Crippen molar-refractivity contribution in [3.8, 4) is 5.75 Å². The molecule has 1 saturated carbocycles. The van der Waals surface area contributed by atoms with Gasteiger partial charge in [0, 0.05) is 25.9 Å². The molecular formula is C20H27N3O3. The van der Waals surface area contributed by atoms with Gasteiger partial charge in [-0.25, -0.2) is 0 Å². The Morgan fingerprint density at radius 3 is 2.65 bits per heavy atom. The van der Waals surface area contributed by atoms with Gasteiger partial charge >= 0.3 is 0 Å². The molecule has 0 N–H and O–H groups in total. The van der Waals surface area contributed by atoms with E-state index in [-0.39, 0.29) is 5.91 Å². The fourth-order valence-corrected chi connectivity index (χ4v) is 3.33. The Morgan fingerprint density at radius 1 is 1.23 bits per heavy atom. The second-order valence-electron chi connectivity index (χ2n) is 6.97. The van der Waals surface area contributed by atoms with Gasteiger partial charge in [0.25, 0.3) is 0 Å². The van der Waals surface area contributed by atoms with Crippen molar-refractivity contribution in [2.75, 3.05) is 20.7 Å². The predicted octanol–water partition coefficient (Wildman–Crippen LogP) is 3.37. The molecule has 0 unspecified atom stereocenters. The Bertz CT molecular complexity index is 705. The molecule has 0 aliphatic heterocycles. The van der Waals surface area contributed by atoms with Crippen LogP contribution in [-0.2, 0) is 17.6 Å². The molecular weight excluding hydrogens is 330 g/mol. The minimum atomic E-state index is 0.0752. The largest absolute Gasteiger partial charge is 0.497 e. The second kappa shape index (κ2) is 8.83. The Kier molecular flexibility index (Phi) is 6.26. The number of hydrogen-bond acceptors (Lipinski definition) is 5. The minimum absolute atomic E-state index is 0.0752. The number of carbonyl (C=O) groups excluding carboxylic acids is 1. The third-order valence-corrected chi connectivity index (χ3v) is 5.05. The monoisotopic (exact) mass is 357 g/mol. The van der Waals surface area contributed by atoms with E-state index in [9.17, 15) is 4.79 Å². The molecule has 0 bridgehead atoms.